The van der Waals surface area contributed by atoms with Gasteiger partial charge in [0.1, 0.15) is 5.84 Å². The molecule has 0 saturated heterocycles. The molecule has 0 radical (unpaired) electrons. The highest BCUT2D eigenvalue weighted by Gasteiger charge is 2.18. The zero-order chi connectivity index (χ0) is 14.7. The topological polar surface area (TPSA) is 78.9 Å². The number of nitrogens with zero attached hydrogens (tertiary/aromatic N) is 3. The van der Waals surface area contributed by atoms with Crippen molar-refractivity contribution in [3.8, 4) is 0 Å². The van der Waals surface area contributed by atoms with Gasteiger partial charge < -0.3 is 10.6 Å². The predicted molar refractivity (Wildman–Crippen MR) is 83.6 cm³/mol. The van der Waals surface area contributed by atoms with E-state index >= 15 is 0 Å². The van der Waals surface area contributed by atoms with Gasteiger partial charge >= 0.3 is 0 Å². The molecule has 0 atom stereocenters. The van der Waals surface area contributed by atoms with Crippen LogP contribution < -0.4 is 10.6 Å². The monoisotopic (exact) mass is 289 g/mol. The minimum absolute atomic E-state index is 0.0418. The molecular formula is C14H19N5S. The fraction of sp³-hybridized carbons (Fsp3) is 0.357. The van der Waals surface area contributed by atoms with Crippen LogP contribution in [0.25, 0.3) is 0 Å². The normalized spacial score (nSPS) is 10.6. The summed E-state index contributed by atoms with van der Waals surface area (Å²) >= 11 is 1.71. The molecule has 3 N–H and O–H groups in total. The van der Waals surface area contributed by atoms with E-state index < -0.39 is 0 Å². The summed E-state index contributed by atoms with van der Waals surface area (Å²) in [7, 11) is 0. The van der Waals surface area contributed by atoms with Crippen LogP contribution in [0, 0.1) is 19.3 Å². The second-order valence-corrected chi connectivity index (χ2v) is 5.65. The molecule has 20 heavy (non-hydrogen) atoms. The molecule has 0 aliphatic carbocycles. The molecule has 2 heterocycles. The predicted octanol–water partition coefficient (Wildman–Crippen LogP) is 2.47. The number of aryl methyl sites for hydroxylation is 1. The van der Waals surface area contributed by atoms with E-state index in [1.807, 2.05) is 19.9 Å². The standard InChI is InChI=1S/C14H19N5S/c1-4-19(8-11-6-5-7-20-11)14-12(13(15)16)9(2)10(3)17-18-14/h5-7H,4,8H2,1-3H3,(H3,15,16). The van der Waals surface area contributed by atoms with Crippen LogP contribution in [0.3, 0.4) is 0 Å². The second-order valence-electron chi connectivity index (χ2n) is 4.62. The molecule has 0 amide bonds. The summed E-state index contributed by atoms with van der Waals surface area (Å²) in [6.07, 6.45) is 0. The highest BCUT2D eigenvalue weighted by molar-refractivity contribution is 7.09. The first-order valence-corrected chi connectivity index (χ1v) is 7.38. The van der Waals surface area contributed by atoms with E-state index in [9.17, 15) is 0 Å². The third kappa shape index (κ3) is 2.80. The van der Waals surface area contributed by atoms with Crippen molar-refractivity contribution in [2.24, 2.45) is 5.73 Å². The molecule has 0 bridgehead atoms. The Bertz CT molecular complexity index is 606. The zero-order valence-corrected chi connectivity index (χ0v) is 12.8. The number of nitrogens with one attached hydrogen (secondary N) is 1. The summed E-state index contributed by atoms with van der Waals surface area (Å²) in [5.74, 6) is 0.733. The van der Waals surface area contributed by atoms with E-state index in [2.05, 4.69) is 33.5 Å². The first-order chi connectivity index (χ1) is 9.54. The lowest BCUT2D eigenvalue weighted by atomic mass is 10.1. The van der Waals surface area contributed by atoms with Gasteiger partial charge in [0.25, 0.3) is 0 Å². The minimum atomic E-state index is 0.0418. The number of hydrogen-bond acceptors (Lipinski definition) is 5. The van der Waals surface area contributed by atoms with Crippen molar-refractivity contribution in [1.29, 1.82) is 5.41 Å². The number of aromatic nitrogens is 2. The summed E-state index contributed by atoms with van der Waals surface area (Å²) in [6, 6.07) is 4.13. The van der Waals surface area contributed by atoms with Gasteiger partial charge in [0.15, 0.2) is 5.82 Å². The van der Waals surface area contributed by atoms with E-state index in [1.54, 1.807) is 11.3 Å². The minimum Gasteiger partial charge on any atom is -0.384 e. The van der Waals surface area contributed by atoms with Crippen molar-refractivity contribution in [3.05, 3.63) is 39.2 Å². The SMILES string of the molecule is CCN(Cc1cccs1)c1nnc(C)c(C)c1C(=N)N. The van der Waals surface area contributed by atoms with E-state index in [0.717, 1.165) is 24.3 Å². The first-order valence-electron chi connectivity index (χ1n) is 6.50. The average molecular weight is 289 g/mol. The van der Waals surface area contributed by atoms with Crippen molar-refractivity contribution in [1.82, 2.24) is 10.2 Å². The molecular weight excluding hydrogens is 270 g/mol. The summed E-state index contributed by atoms with van der Waals surface area (Å²) in [5, 5.41) is 18.3. The summed E-state index contributed by atoms with van der Waals surface area (Å²) in [5.41, 5.74) is 8.17. The van der Waals surface area contributed by atoms with Gasteiger partial charge in [-0.25, -0.2) is 0 Å². The van der Waals surface area contributed by atoms with Crippen molar-refractivity contribution >= 4 is 23.0 Å². The molecule has 2 aromatic rings. The Kier molecular flexibility index (Phi) is 4.34. The van der Waals surface area contributed by atoms with Crippen LogP contribution in [-0.4, -0.2) is 22.6 Å². The number of nitrogen functional groups attached to an aromatic ring is 1. The Morgan fingerprint density at radius 1 is 1.40 bits per heavy atom. The van der Waals surface area contributed by atoms with Crippen LogP contribution in [0.15, 0.2) is 17.5 Å². The molecule has 2 rings (SSSR count). The van der Waals surface area contributed by atoms with Gasteiger partial charge in [-0.3, -0.25) is 5.41 Å². The first kappa shape index (κ1) is 14.5. The maximum absolute atomic E-state index is 7.82. The number of amidine groups is 1. The van der Waals surface area contributed by atoms with Crippen LogP contribution in [0.2, 0.25) is 0 Å². The van der Waals surface area contributed by atoms with Gasteiger partial charge in [-0.05, 0) is 37.8 Å². The second kappa shape index (κ2) is 6.00. The fourth-order valence-electron chi connectivity index (χ4n) is 2.07. The van der Waals surface area contributed by atoms with Crippen molar-refractivity contribution < 1.29 is 0 Å². The Morgan fingerprint density at radius 2 is 2.15 bits per heavy atom. The third-order valence-corrected chi connectivity index (χ3v) is 4.17. The maximum atomic E-state index is 7.82. The Labute approximate surface area is 123 Å². The van der Waals surface area contributed by atoms with E-state index in [1.165, 1.54) is 4.88 Å². The lowest BCUT2D eigenvalue weighted by molar-refractivity contribution is 0.793. The van der Waals surface area contributed by atoms with E-state index in [4.69, 9.17) is 11.1 Å². The van der Waals surface area contributed by atoms with Gasteiger partial charge in [0.05, 0.1) is 17.8 Å². The highest BCUT2D eigenvalue weighted by atomic mass is 32.1. The van der Waals surface area contributed by atoms with Gasteiger partial charge in [-0.15, -0.1) is 16.4 Å². The lowest BCUT2D eigenvalue weighted by Crippen LogP contribution is -2.28. The molecule has 0 aliphatic rings. The Morgan fingerprint density at radius 3 is 2.70 bits per heavy atom. The third-order valence-electron chi connectivity index (χ3n) is 3.31. The number of anilines is 1. The number of thiophene rings is 1. The molecule has 0 saturated carbocycles. The maximum Gasteiger partial charge on any atom is 0.162 e. The van der Waals surface area contributed by atoms with Crippen molar-refractivity contribution in [3.63, 3.8) is 0 Å². The van der Waals surface area contributed by atoms with Gasteiger partial charge in [-0.2, -0.15) is 5.10 Å². The molecule has 0 fully saturated rings. The molecule has 2 aromatic heterocycles. The average Bonchev–Trinajstić information content (AvgIpc) is 2.91. The zero-order valence-electron chi connectivity index (χ0n) is 12.0. The number of nitrogens with two attached hydrogens (primary N) is 1. The molecule has 6 heteroatoms. The number of rotatable bonds is 5. The lowest BCUT2D eigenvalue weighted by Gasteiger charge is -2.24. The smallest absolute Gasteiger partial charge is 0.162 e. The van der Waals surface area contributed by atoms with Crippen molar-refractivity contribution in [2.75, 3.05) is 11.4 Å². The van der Waals surface area contributed by atoms with Gasteiger partial charge in [-0.1, -0.05) is 6.07 Å². The van der Waals surface area contributed by atoms with Crippen molar-refractivity contribution in [2.45, 2.75) is 27.3 Å². The number of hydrogen-bond donors (Lipinski definition) is 2. The molecule has 106 valence electrons. The highest BCUT2D eigenvalue weighted by Crippen LogP contribution is 2.24. The van der Waals surface area contributed by atoms with Crippen LogP contribution in [0.5, 0.6) is 0 Å². The van der Waals surface area contributed by atoms with Crippen LogP contribution in [0.4, 0.5) is 5.82 Å². The summed E-state index contributed by atoms with van der Waals surface area (Å²) in [6.45, 7) is 7.42. The Hall–Kier alpha value is -1.95. The molecule has 0 aliphatic heterocycles. The van der Waals surface area contributed by atoms with Crippen LogP contribution in [0.1, 0.15) is 28.6 Å². The molecule has 0 aromatic carbocycles. The largest absolute Gasteiger partial charge is 0.384 e. The van der Waals surface area contributed by atoms with Gasteiger partial charge in [0.2, 0.25) is 0 Å². The molecule has 5 nitrogen and oxygen atoms in total. The summed E-state index contributed by atoms with van der Waals surface area (Å²) in [4.78, 5) is 3.35. The fourth-order valence-corrected chi connectivity index (χ4v) is 2.79. The molecule has 0 spiro atoms. The molecule has 0 unspecified atom stereocenters. The van der Waals surface area contributed by atoms with Crippen LogP contribution >= 0.6 is 11.3 Å². The van der Waals surface area contributed by atoms with Gasteiger partial charge in [0, 0.05) is 11.4 Å². The van der Waals surface area contributed by atoms with E-state index in [-0.39, 0.29) is 5.84 Å². The summed E-state index contributed by atoms with van der Waals surface area (Å²) < 4.78 is 0. The van der Waals surface area contributed by atoms with E-state index in [0.29, 0.717) is 11.4 Å². The Balaban J connectivity index is 2.44. The quantitative estimate of drug-likeness (QED) is 0.654. The van der Waals surface area contributed by atoms with Crippen LogP contribution in [-0.2, 0) is 6.54 Å².